The fourth-order valence-corrected chi connectivity index (χ4v) is 10.3. The molecule has 0 radical (unpaired) electrons. The number of hydrogen-bond acceptors (Lipinski definition) is 0. The SMILES string of the molecule is Cc1cc(C)c(-c2c(Br)c(Br)c3c(c2Br)C(Br)(Br)C(Br)(Br)C3Br)c(C)c1. The first-order valence-corrected chi connectivity index (χ1v) is 14.0. The third-order valence-electron chi connectivity index (χ3n) is 4.59. The molecule has 8 heteroatoms. The van der Waals surface area contributed by atoms with E-state index in [1.807, 2.05) is 0 Å². The van der Waals surface area contributed by atoms with Crippen molar-refractivity contribution in [3.8, 4) is 11.1 Å². The van der Waals surface area contributed by atoms with Gasteiger partial charge in [0.1, 0.15) is 6.47 Å². The summed E-state index contributed by atoms with van der Waals surface area (Å²) in [7, 11) is 0. The van der Waals surface area contributed by atoms with Crippen LogP contribution in [0.1, 0.15) is 32.6 Å². The summed E-state index contributed by atoms with van der Waals surface area (Å²) in [5.41, 5.74) is 8.46. The van der Waals surface area contributed by atoms with Gasteiger partial charge in [-0.3, -0.25) is 0 Å². The molecule has 0 nitrogen and oxygen atoms in total. The summed E-state index contributed by atoms with van der Waals surface area (Å²) < 4.78 is 2.17. The van der Waals surface area contributed by atoms with Crippen LogP contribution in [0.15, 0.2) is 25.6 Å². The van der Waals surface area contributed by atoms with Crippen LogP contribution < -0.4 is 0 Å². The molecule has 2 aromatic rings. The van der Waals surface area contributed by atoms with Gasteiger partial charge in [0.05, 0.1) is 4.83 Å². The van der Waals surface area contributed by atoms with Crippen LogP contribution in [0, 0.1) is 20.8 Å². The van der Waals surface area contributed by atoms with Crippen LogP contribution in [0.3, 0.4) is 0 Å². The first-order valence-electron chi connectivity index (χ1n) is 7.52. The second kappa shape index (κ2) is 7.76. The van der Waals surface area contributed by atoms with Crippen molar-refractivity contribution in [2.75, 3.05) is 0 Å². The Morgan fingerprint density at radius 1 is 0.769 bits per heavy atom. The van der Waals surface area contributed by atoms with Gasteiger partial charge < -0.3 is 0 Å². The highest BCUT2D eigenvalue weighted by Crippen LogP contribution is 2.72. The Hall–Kier alpha value is 2.28. The van der Waals surface area contributed by atoms with Gasteiger partial charge in [-0.2, -0.15) is 0 Å². The van der Waals surface area contributed by atoms with Gasteiger partial charge in [-0.05, 0) is 90.8 Å². The van der Waals surface area contributed by atoms with Crippen molar-refractivity contribution < 1.29 is 0 Å². The van der Waals surface area contributed by atoms with Gasteiger partial charge in [0.25, 0.3) is 0 Å². The fourth-order valence-electron chi connectivity index (χ4n) is 3.52. The van der Waals surface area contributed by atoms with E-state index in [-0.39, 0.29) is 4.83 Å². The summed E-state index contributed by atoms with van der Waals surface area (Å²) in [6.45, 7) is 6.46. The topological polar surface area (TPSA) is 0 Å². The largest absolute Gasteiger partial charge is 0.133 e. The molecule has 140 valence electrons. The monoisotopic (exact) mass is 859 g/mol. The summed E-state index contributed by atoms with van der Waals surface area (Å²) in [4.78, 5) is 0.0278. The highest BCUT2D eigenvalue weighted by Gasteiger charge is 2.60. The predicted molar refractivity (Wildman–Crippen MR) is 141 cm³/mol. The second-order valence-electron chi connectivity index (χ2n) is 6.44. The molecule has 1 aliphatic rings. The molecular weight excluding hydrogens is 855 g/mol. The molecule has 0 fully saturated rings. The van der Waals surface area contributed by atoms with Crippen molar-refractivity contribution in [1.29, 1.82) is 0 Å². The molecule has 0 saturated heterocycles. The minimum Gasteiger partial charge on any atom is -0.0812 e. The number of alkyl halides is 5. The standard InChI is InChI=1S/C18H12Br8/c1-6-4-7(2)9(8(3)5-6)10-13(19)12-11(15(21)14(10)20)16(22)18(25,26)17(12,23)24/h4-5,16H,1-3H3. The van der Waals surface area contributed by atoms with Crippen LogP contribution in [0.4, 0.5) is 0 Å². The molecule has 0 amide bonds. The quantitative estimate of drug-likeness (QED) is 0.198. The molecule has 0 aromatic heterocycles. The lowest BCUT2D eigenvalue weighted by Gasteiger charge is -2.30. The lowest BCUT2D eigenvalue weighted by atomic mass is 9.92. The number of rotatable bonds is 1. The Morgan fingerprint density at radius 2 is 1.27 bits per heavy atom. The van der Waals surface area contributed by atoms with Gasteiger partial charge in [-0.25, -0.2) is 0 Å². The Morgan fingerprint density at radius 3 is 1.77 bits per heavy atom. The van der Waals surface area contributed by atoms with Crippen molar-refractivity contribution in [2.45, 2.75) is 32.1 Å². The van der Waals surface area contributed by atoms with Gasteiger partial charge in [-0.1, -0.05) is 97.3 Å². The lowest BCUT2D eigenvalue weighted by molar-refractivity contribution is 0.849. The van der Waals surface area contributed by atoms with E-state index in [2.05, 4.69) is 160 Å². The maximum Gasteiger partial charge on any atom is 0.133 e. The molecular formula is C18H12Br8. The molecule has 0 saturated carbocycles. The highest BCUT2D eigenvalue weighted by molar-refractivity contribution is 9.30. The van der Waals surface area contributed by atoms with E-state index in [0.29, 0.717) is 0 Å². The number of benzene rings is 2. The number of fused-ring (bicyclic) bond motifs is 1. The van der Waals surface area contributed by atoms with E-state index in [0.717, 1.165) is 30.1 Å². The Bertz CT molecular complexity index is 907. The van der Waals surface area contributed by atoms with Gasteiger partial charge in [-0.15, -0.1) is 0 Å². The molecule has 0 aliphatic heterocycles. The van der Waals surface area contributed by atoms with E-state index in [1.165, 1.54) is 22.3 Å². The normalized spacial score (nSPS) is 20.3. The maximum absolute atomic E-state index is 3.92. The van der Waals surface area contributed by atoms with Crippen LogP contribution in [0.2, 0.25) is 0 Å². The van der Waals surface area contributed by atoms with E-state index in [9.17, 15) is 0 Å². The van der Waals surface area contributed by atoms with Crippen LogP contribution in [-0.2, 0) is 3.23 Å². The first-order chi connectivity index (χ1) is 11.8. The third-order valence-corrected chi connectivity index (χ3v) is 16.2. The van der Waals surface area contributed by atoms with E-state index >= 15 is 0 Å². The van der Waals surface area contributed by atoms with Gasteiger partial charge in [0.15, 0.2) is 0 Å². The summed E-state index contributed by atoms with van der Waals surface area (Å²) in [6, 6.07) is 4.45. The number of halogens is 8. The van der Waals surface area contributed by atoms with E-state index in [4.69, 9.17) is 0 Å². The fraction of sp³-hybridized carbons (Fsp3) is 0.333. The molecule has 1 atom stereocenters. The van der Waals surface area contributed by atoms with Gasteiger partial charge in [0.2, 0.25) is 0 Å². The molecule has 26 heavy (non-hydrogen) atoms. The molecule has 0 spiro atoms. The van der Waals surface area contributed by atoms with Gasteiger partial charge >= 0.3 is 0 Å². The molecule has 0 bridgehead atoms. The molecule has 1 unspecified atom stereocenters. The second-order valence-corrected chi connectivity index (χ2v) is 16.7. The van der Waals surface area contributed by atoms with Crippen molar-refractivity contribution in [3.63, 3.8) is 0 Å². The molecule has 2 aromatic carbocycles. The molecule has 1 aliphatic carbocycles. The molecule has 0 N–H and O–H groups in total. The molecule has 3 rings (SSSR count). The zero-order chi connectivity index (χ0) is 19.8. The van der Waals surface area contributed by atoms with Crippen LogP contribution in [0.5, 0.6) is 0 Å². The summed E-state index contributed by atoms with van der Waals surface area (Å²) in [6.07, 6.45) is 0. The van der Waals surface area contributed by atoms with E-state index in [1.54, 1.807) is 0 Å². The van der Waals surface area contributed by atoms with E-state index < -0.39 is 6.47 Å². The minimum absolute atomic E-state index is 0.0278. The summed E-state index contributed by atoms with van der Waals surface area (Å²) >= 11 is 30.9. The Labute approximate surface area is 221 Å². The predicted octanol–water partition coefficient (Wildman–Crippen LogP) is 10.4. The zero-order valence-corrected chi connectivity index (χ0v) is 26.4. The van der Waals surface area contributed by atoms with Crippen molar-refractivity contribution >= 4 is 127 Å². The average Bonchev–Trinajstić information content (AvgIpc) is 2.64. The lowest BCUT2D eigenvalue weighted by Crippen LogP contribution is -2.28. The molecule has 0 heterocycles. The number of hydrogen-bond donors (Lipinski definition) is 0. The summed E-state index contributed by atoms with van der Waals surface area (Å²) in [5.74, 6) is 0. The maximum atomic E-state index is 3.92. The highest BCUT2D eigenvalue weighted by atomic mass is 79.9. The average molecular weight is 868 g/mol. The third kappa shape index (κ3) is 3.31. The Balaban J connectivity index is 2.47. The number of aryl methyl sites for hydroxylation is 3. The summed E-state index contributed by atoms with van der Waals surface area (Å²) in [5, 5.41) is 0. The van der Waals surface area contributed by atoms with Crippen molar-refractivity contribution in [2.24, 2.45) is 0 Å². The van der Waals surface area contributed by atoms with Crippen molar-refractivity contribution in [1.82, 2.24) is 0 Å². The minimum atomic E-state index is -0.514. The first kappa shape index (κ1) is 23.0. The van der Waals surface area contributed by atoms with Crippen LogP contribution in [0.25, 0.3) is 11.1 Å². The zero-order valence-electron chi connectivity index (χ0n) is 13.8. The Kier molecular flexibility index (Phi) is 6.85. The van der Waals surface area contributed by atoms with Crippen LogP contribution >= 0.6 is 127 Å². The smallest absolute Gasteiger partial charge is 0.0812 e. The van der Waals surface area contributed by atoms with Crippen molar-refractivity contribution in [3.05, 3.63) is 53.4 Å². The van der Waals surface area contributed by atoms with Crippen LogP contribution in [-0.4, -0.2) is 3.23 Å². The van der Waals surface area contributed by atoms with Gasteiger partial charge in [0, 0.05) is 24.5 Å².